The summed E-state index contributed by atoms with van der Waals surface area (Å²) in [4.78, 5) is 37.9. The first-order valence-corrected chi connectivity index (χ1v) is 12.0. The third-order valence-electron chi connectivity index (χ3n) is 7.31. The van der Waals surface area contributed by atoms with Crippen molar-refractivity contribution in [3.8, 4) is 0 Å². The number of fused-ring (bicyclic) bond motifs is 1. The second kappa shape index (κ2) is 9.14. The Balaban J connectivity index is 1.36. The molecule has 1 aliphatic carbocycles. The molecular weight excluding hydrogens is 407 g/mol. The number of halogens is 1. The predicted octanol–water partition coefficient (Wildman–Crippen LogP) is 3.82. The molecule has 7 heteroatoms. The molecule has 2 aliphatic heterocycles. The van der Waals surface area contributed by atoms with E-state index in [1.165, 1.54) is 44.2 Å². The number of hydrogen-bond donors (Lipinski definition) is 1. The number of aromatic amines is 1. The van der Waals surface area contributed by atoms with Crippen molar-refractivity contribution >= 4 is 5.91 Å². The number of aromatic nitrogens is 2. The molecule has 1 aromatic heterocycles. The molecule has 3 aliphatic rings. The van der Waals surface area contributed by atoms with Crippen LogP contribution < -0.4 is 5.56 Å². The number of likely N-dealkylation sites (tertiary alicyclic amines) is 1. The number of carbonyl (C=O) groups is 1. The smallest absolute Gasteiger partial charge is 0.254 e. The molecule has 2 aromatic rings. The largest absolute Gasteiger partial charge is 0.328 e. The van der Waals surface area contributed by atoms with Crippen molar-refractivity contribution in [3.05, 3.63) is 63.1 Å². The molecule has 1 saturated heterocycles. The molecule has 32 heavy (non-hydrogen) atoms. The summed E-state index contributed by atoms with van der Waals surface area (Å²) in [5.74, 6) is 0.674. The lowest BCUT2D eigenvalue weighted by Crippen LogP contribution is -2.39. The lowest BCUT2D eigenvalue weighted by atomic mass is 9.88. The van der Waals surface area contributed by atoms with E-state index < -0.39 is 5.82 Å². The van der Waals surface area contributed by atoms with Crippen LogP contribution in [-0.2, 0) is 13.0 Å². The second-order valence-corrected chi connectivity index (χ2v) is 9.53. The molecule has 170 valence electrons. The van der Waals surface area contributed by atoms with E-state index in [0.717, 1.165) is 49.5 Å². The van der Waals surface area contributed by atoms with Gasteiger partial charge in [0.15, 0.2) is 0 Å². The highest BCUT2D eigenvalue weighted by molar-refractivity contribution is 5.94. The summed E-state index contributed by atoms with van der Waals surface area (Å²) in [6.45, 7) is 3.26. The van der Waals surface area contributed by atoms with Crippen LogP contribution in [0.3, 0.4) is 0 Å². The van der Waals surface area contributed by atoms with Gasteiger partial charge in [0, 0.05) is 37.3 Å². The minimum Gasteiger partial charge on any atom is -0.328 e. The van der Waals surface area contributed by atoms with Gasteiger partial charge in [-0.3, -0.25) is 14.5 Å². The van der Waals surface area contributed by atoms with Gasteiger partial charge in [-0.2, -0.15) is 0 Å². The second-order valence-electron chi connectivity index (χ2n) is 9.53. The summed E-state index contributed by atoms with van der Waals surface area (Å²) < 4.78 is 13.6. The molecule has 1 unspecified atom stereocenters. The normalized spacial score (nSPS) is 22.2. The standard InChI is InChI=1S/C25H31FN4O2/c26-19-9-4-8-18(14-19)25(32)30-12-5-10-22(30)23-27-21-16-29(13-11-20(21)24(31)28-23)15-17-6-2-1-3-7-17/h4,8-9,14,17,22H,1-3,5-7,10-13,15-16H2,(H,27,28,31). The first kappa shape index (κ1) is 21.3. The van der Waals surface area contributed by atoms with Gasteiger partial charge in [0.25, 0.3) is 11.5 Å². The van der Waals surface area contributed by atoms with Gasteiger partial charge in [-0.25, -0.2) is 9.37 Å². The molecule has 5 rings (SSSR count). The van der Waals surface area contributed by atoms with E-state index in [1.807, 2.05) is 0 Å². The van der Waals surface area contributed by atoms with Crippen molar-refractivity contribution in [2.75, 3.05) is 19.6 Å². The van der Waals surface area contributed by atoms with E-state index in [-0.39, 0.29) is 17.5 Å². The van der Waals surface area contributed by atoms with Crippen LogP contribution in [0.5, 0.6) is 0 Å². The SMILES string of the molecule is O=C(c1cccc(F)c1)N1CCCC1c1nc2c(c(=O)[nH]1)CCN(CC1CCCCC1)C2. The Morgan fingerprint density at radius 3 is 2.78 bits per heavy atom. The average Bonchev–Trinajstić information content (AvgIpc) is 3.29. The summed E-state index contributed by atoms with van der Waals surface area (Å²) in [6, 6.07) is 5.50. The van der Waals surface area contributed by atoms with Gasteiger partial charge in [-0.1, -0.05) is 25.3 Å². The summed E-state index contributed by atoms with van der Waals surface area (Å²) >= 11 is 0. The minimum atomic E-state index is -0.426. The van der Waals surface area contributed by atoms with Gasteiger partial charge >= 0.3 is 0 Å². The summed E-state index contributed by atoms with van der Waals surface area (Å²) in [7, 11) is 0. The Bertz CT molecular complexity index is 1050. The highest BCUT2D eigenvalue weighted by Gasteiger charge is 2.34. The highest BCUT2D eigenvalue weighted by Crippen LogP contribution is 2.32. The van der Waals surface area contributed by atoms with Crippen molar-refractivity contribution in [1.29, 1.82) is 0 Å². The van der Waals surface area contributed by atoms with E-state index in [2.05, 4.69) is 9.88 Å². The summed E-state index contributed by atoms with van der Waals surface area (Å²) in [5, 5.41) is 0. The number of H-pyrrole nitrogens is 1. The third-order valence-corrected chi connectivity index (χ3v) is 7.31. The van der Waals surface area contributed by atoms with Crippen LogP contribution >= 0.6 is 0 Å². The molecule has 1 amide bonds. The van der Waals surface area contributed by atoms with Crippen LogP contribution in [0.1, 0.15) is 78.4 Å². The Kier molecular flexibility index (Phi) is 6.09. The van der Waals surface area contributed by atoms with Gasteiger partial charge in [-0.15, -0.1) is 0 Å². The zero-order chi connectivity index (χ0) is 22.1. The molecule has 3 heterocycles. The Morgan fingerprint density at radius 2 is 1.97 bits per heavy atom. The van der Waals surface area contributed by atoms with Gasteiger partial charge in [0.2, 0.25) is 0 Å². The predicted molar refractivity (Wildman–Crippen MR) is 120 cm³/mol. The molecule has 6 nitrogen and oxygen atoms in total. The third kappa shape index (κ3) is 4.35. The molecular formula is C25H31FN4O2. The number of nitrogens with one attached hydrogen (secondary N) is 1. The van der Waals surface area contributed by atoms with Crippen LogP contribution in [0.25, 0.3) is 0 Å². The Labute approximate surface area is 187 Å². The van der Waals surface area contributed by atoms with Crippen LogP contribution in [0, 0.1) is 11.7 Å². The minimum absolute atomic E-state index is 0.0765. The van der Waals surface area contributed by atoms with Gasteiger partial charge in [0.1, 0.15) is 11.6 Å². The molecule has 1 saturated carbocycles. The maximum Gasteiger partial charge on any atom is 0.254 e. The maximum atomic E-state index is 13.6. The molecule has 1 N–H and O–H groups in total. The number of nitrogens with zero attached hydrogens (tertiary/aromatic N) is 3. The lowest BCUT2D eigenvalue weighted by Gasteiger charge is -2.33. The fourth-order valence-electron chi connectivity index (χ4n) is 5.64. The zero-order valence-electron chi connectivity index (χ0n) is 18.5. The van der Waals surface area contributed by atoms with Crippen molar-refractivity contribution in [2.24, 2.45) is 5.92 Å². The maximum absolute atomic E-state index is 13.6. The van der Waals surface area contributed by atoms with Gasteiger partial charge in [0.05, 0.1) is 11.7 Å². The molecule has 1 atom stereocenters. The van der Waals surface area contributed by atoms with Crippen molar-refractivity contribution < 1.29 is 9.18 Å². The number of benzene rings is 1. The number of rotatable bonds is 4. The quantitative estimate of drug-likeness (QED) is 0.788. The fourth-order valence-corrected chi connectivity index (χ4v) is 5.64. The summed E-state index contributed by atoms with van der Waals surface area (Å²) in [5.41, 5.74) is 1.90. The van der Waals surface area contributed by atoms with E-state index in [0.29, 0.717) is 24.5 Å². The molecule has 0 spiro atoms. The number of carbonyl (C=O) groups excluding carboxylic acids is 1. The monoisotopic (exact) mass is 438 g/mol. The van der Waals surface area contributed by atoms with Crippen LogP contribution in [0.4, 0.5) is 4.39 Å². The number of amides is 1. The van der Waals surface area contributed by atoms with E-state index >= 15 is 0 Å². The lowest BCUT2D eigenvalue weighted by molar-refractivity contribution is 0.0728. The fraction of sp³-hybridized carbons (Fsp3) is 0.560. The Hall–Kier alpha value is -2.54. The van der Waals surface area contributed by atoms with Crippen LogP contribution in [0.2, 0.25) is 0 Å². The van der Waals surface area contributed by atoms with E-state index in [4.69, 9.17) is 4.98 Å². The zero-order valence-corrected chi connectivity index (χ0v) is 18.5. The van der Waals surface area contributed by atoms with Crippen molar-refractivity contribution in [1.82, 2.24) is 19.8 Å². The van der Waals surface area contributed by atoms with Crippen LogP contribution in [0.15, 0.2) is 29.1 Å². The first-order valence-electron chi connectivity index (χ1n) is 12.0. The Morgan fingerprint density at radius 1 is 1.12 bits per heavy atom. The molecule has 0 radical (unpaired) electrons. The van der Waals surface area contributed by atoms with Crippen LogP contribution in [-0.4, -0.2) is 45.3 Å². The topological polar surface area (TPSA) is 69.3 Å². The van der Waals surface area contributed by atoms with E-state index in [1.54, 1.807) is 17.0 Å². The number of hydrogen-bond acceptors (Lipinski definition) is 4. The molecule has 1 aromatic carbocycles. The van der Waals surface area contributed by atoms with Gasteiger partial charge in [-0.05, 0) is 56.2 Å². The average molecular weight is 439 g/mol. The first-order chi connectivity index (χ1) is 15.6. The summed E-state index contributed by atoms with van der Waals surface area (Å²) in [6.07, 6.45) is 8.91. The molecule has 0 bridgehead atoms. The molecule has 2 fully saturated rings. The van der Waals surface area contributed by atoms with E-state index in [9.17, 15) is 14.0 Å². The van der Waals surface area contributed by atoms with Crippen molar-refractivity contribution in [2.45, 2.75) is 64.0 Å². The highest BCUT2D eigenvalue weighted by atomic mass is 19.1. The van der Waals surface area contributed by atoms with Crippen molar-refractivity contribution in [3.63, 3.8) is 0 Å². The van der Waals surface area contributed by atoms with Gasteiger partial charge < -0.3 is 9.88 Å².